The van der Waals surface area contributed by atoms with Crippen LogP contribution in [-0.2, 0) is 0 Å². The first-order chi connectivity index (χ1) is 13.1. The highest BCUT2D eigenvalue weighted by Crippen LogP contribution is 2.30. The number of benzene rings is 2. The van der Waals surface area contributed by atoms with Crippen LogP contribution in [0.25, 0.3) is 22.0 Å². The lowest BCUT2D eigenvalue weighted by Gasteiger charge is -2.09. The first-order valence-corrected chi connectivity index (χ1v) is 9.06. The highest BCUT2D eigenvalue weighted by Gasteiger charge is 2.17. The molecule has 6 nitrogen and oxygen atoms in total. The van der Waals surface area contributed by atoms with Crippen molar-refractivity contribution in [2.75, 3.05) is 10.6 Å². The molecule has 0 saturated carbocycles. The summed E-state index contributed by atoms with van der Waals surface area (Å²) in [6.07, 6.45) is 0. The van der Waals surface area contributed by atoms with Crippen LogP contribution in [0.3, 0.4) is 0 Å². The van der Waals surface area contributed by atoms with E-state index < -0.39 is 6.03 Å². The van der Waals surface area contributed by atoms with Crippen LogP contribution in [0.2, 0.25) is 0 Å². The van der Waals surface area contributed by atoms with Crippen LogP contribution in [0.15, 0.2) is 69.8 Å². The maximum Gasteiger partial charge on any atom is 0.325 e. The lowest BCUT2D eigenvalue weighted by molar-refractivity contribution is 0.262. The first kappa shape index (κ1) is 17.2. The molecule has 0 radical (unpaired) electrons. The second kappa shape index (κ2) is 7.20. The van der Waals surface area contributed by atoms with Crippen LogP contribution in [0.5, 0.6) is 0 Å². The number of pyridine rings is 1. The Morgan fingerprint density at radius 3 is 2.59 bits per heavy atom. The zero-order chi connectivity index (χ0) is 18.8. The Hall–Kier alpha value is -3.19. The third-order valence-electron chi connectivity index (χ3n) is 4.08. The topological polar surface area (TPSA) is 80.0 Å². The van der Waals surface area contributed by atoms with Crippen molar-refractivity contribution in [2.24, 2.45) is 0 Å². The molecule has 2 heterocycles. The number of hydrogen-bond donors (Lipinski definition) is 2. The van der Waals surface area contributed by atoms with Crippen molar-refractivity contribution < 1.29 is 9.32 Å². The molecule has 0 atom stereocenters. The molecule has 0 aliphatic rings. The van der Waals surface area contributed by atoms with Gasteiger partial charge in [-0.25, -0.2) is 9.78 Å². The number of anilines is 2. The highest BCUT2D eigenvalue weighted by molar-refractivity contribution is 9.10. The lowest BCUT2D eigenvalue weighted by Crippen LogP contribution is -2.20. The molecule has 2 aromatic carbocycles. The van der Waals surface area contributed by atoms with Crippen LogP contribution in [0.4, 0.5) is 16.3 Å². The molecule has 2 aromatic heterocycles. The first-order valence-electron chi connectivity index (χ1n) is 8.27. The second-order valence-corrected chi connectivity index (χ2v) is 6.68. The second-order valence-electron chi connectivity index (χ2n) is 5.93. The molecular formula is C20H15BrN4O2. The van der Waals surface area contributed by atoms with Crippen LogP contribution in [0, 0.1) is 6.92 Å². The Bertz CT molecular complexity index is 1130. The Kier molecular flexibility index (Phi) is 4.60. The number of amides is 2. The van der Waals surface area contributed by atoms with Gasteiger partial charge in [-0.3, -0.25) is 5.32 Å². The number of nitrogens with zero attached hydrogens (tertiary/aromatic N) is 2. The third-order valence-corrected chi connectivity index (χ3v) is 4.69. The average molecular weight is 423 g/mol. The van der Waals surface area contributed by atoms with Crippen molar-refractivity contribution in [3.05, 3.63) is 71.0 Å². The minimum Gasteiger partial charge on any atom is -0.359 e. The van der Waals surface area contributed by atoms with Gasteiger partial charge in [-0.15, -0.1) is 0 Å². The van der Waals surface area contributed by atoms with Gasteiger partial charge in [0, 0.05) is 10.9 Å². The number of carbonyl (C=O) groups excluding carboxylic acids is 1. The molecule has 0 bridgehead atoms. The Morgan fingerprint density at radius 2 is 1.78 bits per heavy atom. The van der Waals surface area contributed by atoms with Crippen molar-refractivity contribution in [2.45, 2.75) is 6.92 Å². The molecule has 27 heavy (non-hydrogen) atoms. The molecule has 4 rings (SSSR count). The molecule has 0 spiro atoms. The normalized spacial score (nSPS) is 10.7. The van der Waals surface area contributed by atoms with Crippen molar-refractivity contribution >= 4 is 44.2 Å². The lowest BCUT2D eigenvalue weighted by atomic mass is 10.1. The van der Waals surface area contributed by atoms with Gasteiger partial charge < -0.3 is 9.84 Å². The van der Waals surface area contributed by atoms with Gasteiger partial charge in [0.15, 0.2) is 5.76 Å². The molecule has 4 aromatic rings. The maximum atomic E-state index is 12.5. The summed E-state index contributed by atoms with van der Waals surface area (Å²) in [6, 6.07) is 18.7. The van der Waals surface area contributed by atoms with E-state index in [1.165, 1.54) is 0 Å². The summed E-state index contributed by atoms with van der Waals surface area (Å²) in [6.45, 7) is 1.75. The molecule has 134 valence electrons. The summed E-state index contributed by atoms with van der Waals surface area (Å²) in [4.78, 5) is 16.9. The van der Waals surface area contributed by atoms with Gasteiger partial charge >= 0.3 is 6.03 Å². The van der Waals surface area contributed by atoms with E-state index in [4.69, 9.17) is 4.52 Å². The number of fused-ring (bicyclic) bond motifs is 1. The van der Waals surface area contributed by atoms with E-state index in [-0.39, 0.29) is 0 Å². The number of aryl methyl sites for hydroxylation is 1. The summed E-state index contributed by atoms with van der Waals surface area (Å²) < 4.78 is 5.93. The molecule has 0 aliphatic carbocycles. The minimum atomic E-state index is -0.423. The fourth-order valence-electron chi connectivity index (χ4n) is 2.79. The van der Waals surface area contributed by atoms with E-state index in [0.29, 0.717) is 27.6 Å². The maximum absolute atomic E-state index is 12.5. The standard InChI is InChI=1S/C20H15BrN4O2/c1-12-17(18(25-27-12)13-7-3-2-4-8-13)24-20(26)23-16-11-14-9-5-6-10-15(14)19(21)22-16/h2-11H,1H3,(H2,22,23,24,26). The van der Waals surface area contributed by atoms with E-state index in [1.54, 1.807) is 6.92 Å². The number of hydrogen-bond acceptors (Lipinski definition) is 4. The van der Waals surface area contributed by atoms with Gasteiger partial charge in [0.2, 0.25) is 0 Å². The number of urea groups is 1. The molecular weight excluding hydrogens is 408 g/mol. The number of rotatable bonds is 3. The SMILES string of the molecule is Cc1onc(-c2ccccc2)c1NC(=O)Nc1cc2ccccc2c(Br)n1. The zero-order valence-electron chi connectivity index (χ0n) is 14.4. The van der Waals surface area contributed by atoms with Gasteiger partial charge in [0.1, 0.15) is 21.8 Å². The smallest absolute Gasteiger partial charge is 0.325 e. The van der Waals surface area contributed by atoms with Gasteiger partial charge in [0.25, 0.3) is 0 Å². The zero-order valence-corrected chi connectivity index (χ0v) is 15.9. The van der Waals surface area contributed by atoms with Crippen LogP contribution < -0.4 is 10.6 Å². The van der Waals surface area contributed by atoms with Gasteiger partial charge in [-0.2, -0.15) is 0 Å². The Labute approximate surface area is 163 Å². The van der Waals surface area contributed by atoms with Gasteiger partial charge in [-0.1, -0.05) is 59.8 Å². The number of carbonyl (C=O) groups is 1. The van der Waals surface area contributed by atoms with E-state index in [1.807, 2.05) is 60.7 Å². The Balaban J connectivity index is 1.58. The molecule has 0 unspecified atom stereocenters. The van der Waals surface area contributed by atoms with Crippen LogP contribution >= 0.6 is 15.9 Å². The van der Waals surface area contributed by atoms with Crippen molar-refractivity contribution in [3.8, 4) is 11.3 Å². The Morgan fingerprint density at radius 1 is 1.04 bits per heavy atom. The van der Waals surface area contributed by atoms with Crippen LogP contribution in [-0.4, -0.2) is 16.2 Å². The molecule has 0 saturated heterocycles. The fourth-order valence-corrected chi connectivity index (χ4v) is 3.35. The molecule has 2 amide bonds. The number of aromatic nitrogens is 2. The summed E-state index contributed by atoms with van der Waals surface area (Å²) in [7, 11) is 0. The van der Waals surface area contributed by atoms with Gasteiger partial charge in [0.05, 0.1) is 0 Å². The minimum absolute atomic E-state index is 0.423. The molecule has 0 fully saturated rings. The van der Waals surface area contributed by atoms with E-state index in [0.717, 1.165) is 16.3 Å². The average Bonchev–Trinajstić information content (AvgIpc) is 3.03. The summed E-state index contributed by atoms with van der Waals surface area (Å²) >= 11 is 3.44. The van der Waals surface area contributed by atoms with Crippen molar-refractivity contribution in [3.63, 3.8) is 0 Å². The predicted molar refractivity (Wildman–Crippen MR) is 109 cm³/mol. The van der Waals surface area contributed by atoms with E-state index in [9.17, 15) is 4.79 Å². The highest BCUT2D eigenvalue weighted by atomic mass is 79.9. The van der Waals surface area contributed by atoms with Crippen molar-refractivity contribution in [1.29, 1.82) is 0 Å². The quantitative estimate of drug-likeness (QED) is 0.420. The third kappa shape index (κ3) is 3.54. The summed E-state index contributed by atoms with van der Waals surface area (Å²) in [5, 5.41) is 11.6. The predicted octanol–water partition coefficient (Wildman–Crippen LogP) is 5.60. The molecule has 2 N–H and O–H groups in total. The summed E-state index contributed by atoms with van der Waals surface area (Å²) in [5.41, 5.74) is 1.96. The largest absolute Gasteiger partial charge is 0.359 e. The number of nitrogens with one attached hydrogen (secondary N) is 2. The number of halogens is 1. The van der Waals surface area contributed by atoms with Crippen molar-refractivity contribution in [1.82, 2.24) is 10.1 Å². The summed E-state index contributed by atoms with van der Waals surface area (Å²) in [5.74, 6) is 0.963. The van der Waals surface area contributed by atoms with E-state index in [2.05, 4.69) is 36.7 Å². The van der Waals surface area contributed by atoms with E-state index >= 15 is 0 Å². The fraction of sp³-hybridized carbons (Fsp3) is 0.0500. The van der Waals surface area contributed by atoms with Crippen LogP contribution in [0.1, 0.15) is 5.76 Å². The molecule has 7 heteroatoms. The molecule has 0 aliphatic heterocycles. The van der Waals surface area contributed by atoms with Gasteiger partial charge in [-0.05, 0) is 34.3 Å². The monoisotopic (exact) mass is 422 g/mol.